The predicted octanol–water partition coefficient (Wildman–Crippen LogP) is 2.28. The van der Waals surface area contributed by atoms with Crippen molar-refractivity contribution in [2.45, 2.75) is 57.0 Å². The van der Waals surface area contributed by atoms with Crippen molar-refractivity contribution in [3.05, 3.63) is 29.3 Å². The Morgan fingerprint density at radius 3 is 2.62 bits per heavy atom. The highest BCUT2D eigenvalue weighted by Gasteiger charge is 2.55. The van der Waals surface area contributed by atoms with Crippen molar-refractivity contribution in [1.82, 2.24) is 15.1 Å². The SMILES string of the molecule is CN1CCCc2cc(CNC(=O)CN3C(=O)N(C)C4(CCCCC4)C3=O)ccc21. The molecule has 7 heteroatoms. The van der Waals surface area contributed by atoms with Gasteiger partial charge in [0.15, 0.2) is 0 Å². The molecule has 1 aromatic carbocycles. The molecule has 1 saturated heterocycles. The van der Waals surface area contributed by atoms with Crippen LogP contribution in [0.4, 0.5) is 10.5 Å². The highest BCUT2D eigenvalue weighted by atomic mass is 16.2. The largest absolute Gasteiger partial charge is 0.374 e. The van der Waals surface area contributed by atoms with E-state index in [0.29, 0.717) is 19.4 Å². The van der Waals surface area contributed by atoms with Crippen molar-refractivity contribution in [3.63, 3.8) is 0 Å². The van der Waals surface area contributed by atoms with Gasteiger partial charge in [0.05, 0.1) is 0 Å². The highest BCUT2D eigenvalue weighted by Crippen LogP contribution is 2.39. The van der Waals surface area contributed by atoms with E-state index in [9.17, 15) is 14.4 Å². The normalized spacial score (nSPS) is 21.0. The van der Waals surface area contributed by atoms with Crippen molar-refractivity contribution in [2.75, 3.05) is 32.1 Å². The van der Waals surface area contributed by atoms with E-state index in [1.807, 2.05) is 6.07 Å². The molecule has 0 aromatic heterocycles. The lowest BCUT2D eigenvalue weighted by molar-refractivity contribution is -0.137. The van der Waals surface area contributed by atoms with Crippen LogP contribution in [0.2, 0.25) is 0 Å². The Morgan fingerprint density at radius 1 is 1.10 bits per heavy atom. The van der Waals surface area contributed by atoms with Gasteiger partial charge in [-0.05, 0) is 42.9 Å². The molecule has 2 aliphatic heterocycles. The summed E-state index contributed by atoms with van der Waals surface area (Å²) in [4.78, 5) is 43.1. The Kier molecular flexibility index (Phi) is 5.23. The zero-order chi connectivity index (χ0) is 20.6. The molecule has 2 heterocycles. The zero-order valence-corrected chi connectivity index (χ0v) is 17.4. The fraction of sp³-hybridized carbons (Fsp3) is 0.591. The number of amides is 4. The number of likely N-dealkylation sites (N-methyl/N-ethyl adjacent to an activating group) is 1. The van der Waals surface area contributed by atoms with Gasteiger partial charge in [0.2, 0.25) is 5.91 Å². The molecule has 4 rings (SSSR count). The van der Waals surface area contributed by atoms with Crippen LogP contribution >= 0.6 is 0 Å². The molecule has 29 heavy (non-hydrogen) atoms. The summed E-state index contributed by atoms with van der Waals surface area (Å²) in [7, 11) is 3.78. The minimum Gasteiger partial charge on any atom is -0.374 e. The van der Waals surface area contributed by atoms with Gasteiger partial charge in [-0.15, -0.1) is 0 Å². The quantitative estimate of drug-likeness (QED) is 0.790. The standard InChI is InChI=1S/C22H30N4O3/c1-24-12-6-7-17-13-16(8-9-18(17)24)14-23-19(27)15-26-20(28)22(25(2)21(26)29)10-4-3-5-11-22/h8-9,13H,3-7,10-12,14-15H2,1-2H3,(H,23,27). The number of hydrogen-bond acceptors (Lipinski definition) is 4. The van der Waals surface area contributed by atoms with Crippen molar-refractivity contribution < 1.29 is 14.4 Å². The molecule has 0 unspecified atom stereocenters. The van der Waals surface area contributed by atoms with Gasteiger partial charge in [0, 0.05) is 32.9 Å². The second-order valence-electron chi connectivity index (χ2n) is 8.59. The van der Waals surface area contributed by atoms with Crippen molar-refractivity contribution in [1.29, 1.82) is 0 Å². The first-order valence-electron chi connectivity index (χ1n) is 10.6. The molecular weight excluding hydrogens is 368 g/mol. The molecule has 156 valence electrons. The first-order chi connectivity index (χ1) is 13.9. The van der Waals surface area contributed by atoms with Crippen molar-refractivity contribution in [2.24, 2.45) is 0 Å². The molecule has 4 amide bonds. The third-order valence-corrected chi connectivity index (χ3v) is 6.77. The van der Waals surface area contributed by atoms with Crippen LogP contribution in [0.5, 0.6) is 0 Å². The lowest BCUT2D eigenvalue weighted by Gasteiger charge is -2.35. The Morgan fingerprint density at radius 2 is 1.86 bits per heavy atom. The van der Waals surface area contributed by atoms with E-state index < -0.39 is 5.54 Å². The van der Waals surface area contributed by atoms with Crippen molar-refractivity contribution >= 4 is 23.5 Å². The second-order valence-corrected chi connectivity index (χ2v) is 8.59. The summed E-state index contributed by atoms with van der Waals surface area (Å²) in [6, 6.07) is 5.91. The number of carbonyl (C=O) groups is 3. The lowest BCUT2D eigenvalue weighted by Crippen LogP contribution is -2.49. The lowest BCUT2D eigenvalue weighted by atomic mass is 9.81. The third kappa shape index (κ3) is 3.47. The molecule has 7 nitrogen and oxygen atoms in total. The molecule has 1 saturated carbocycles. The van der Waals surface area contributed by atoms with Gasteiger partial charge in [0.1, 0.15) is 12.1 Å². The van der Waals surface area contributed by atoms with E-state index in [2.05, 4.69) is 29.4 Å². The maximum absolute atomic E-state index is 13.0. The number of nitrogens with one attached hydrogen (secondary N) is 1. The third-order valence-electron chi connectivity index (χ3n) is 6.77. The first-order valence-corrected chi connectivity index (χ1v) is 10.6. The summed E-state index contributed by atoms with van der Waals surface area (Å²) < 4.78 is 0. The van der Waals surface area contributed by atoms with Crippen molar-refractivity contribution in [3.8, 4) is 0 Å². The predicted molar refractivity (Wildman–Crippen MR) is 111 cm³/mol. The van der Waals surface area contributed by atoms with E-state index in [0.717, 1.165) is 49.1 Å². The van der Waals surface area contributed by atoms with Gasteiger partial charge in [-0.1, -0.05) is 31.4 Å². The number of benzene rings is 1. The van der Waals surface area contributed by atoms with E-state index in [1.54, 1.807) is 11.9 Å². The molecular formula is C22H30N4O3. The fourth-order valence-electron chi connectivity index (χ4n) is 5.02. The second kappa shape index (κ2) is 7.69. The Labute approximate surface area is 172 Å². The average Bonchev–Trinajstić information content (AvgIpc) is 2.89. The van der Waals surface area contributed by atoms with E-state index in [1.165, 1.54) is 11.3 Å². The zero-order valence-electron chi connectivity index (χ0n) is 17.4. The van der Waals surface area contributed by atoms with Crippen LogP contribution in [0.3, 0.4) is 0 Å². The summed E-state index contributed by atoms with van der Waals surface area (Å²) in [5, 5.41) is 2.87. The summed E-state index contributed by atoms with van der Waals surface area (Å²) in [5.74, 6) is -0.514. The number of fused-ring (bicyclic) bond motifs is 1. The van der Waals surface area contributed by atoms with Crippen LogP contribution in [0.15, 0.2) is 18.2 Å². The van der Waals surface area contributed by atoms with Crippen LogP contribution in [0.1, 0.15) is 49.7 Å². The van der Waals surface area contributed by atoms with Crippen LogP contribution in [-0.4, -0.2) is 60.4 Å². The molecule has 1 N–H and O–H groups in total. The Bertz CT molecular complexity index is 831. The monoisotopic (exact) mass is 398 g/mol. The van der Waals surface area contributed by atoms with Crippen LogP contribution in [0.25, 0.3) is 0 Å². The molecule has 3 aliphatic rings. The Hall–Kier alpha value is -2.57. The van der Waals surface area contributed by atoms with Gasteiger partial charge >= 0.3 is 6.03 Å². The summed E-state index contributed by atoms with van der Waals surface area (Å²) >= 11 is 0. The summed E-state index contributed by atoms with van der Waals surface area (Å²) in [5.41, 5.74) is 2.85. The number of urea groups is 1. The minimum absolute atomic E-state index is 0.211. The van der Waals surface area contributed by atoms with Gasteiger partial charge in [-0.25, -0.2) is 4.79 Å². The topological polar surface area (TPSA) is 73.0 Å². The van der Waals surface area contributed by atoms with Gasteiger partial charge in [-0.3, -0.25) is 14.5 Å². The van der Waals surface area contributed by atoms with Crippen LogP contribution in [0, 0.1) is 0 Å². The number of carbonyl (C=O) groups excluding carboxylic acids is 3. The van der Waals surface area contributed by atoms with Gasteiger partial charge in [0.25, 0.3) is 5.91 Å². The smallest absolute Gasteiger partial charge is 0.327 e. The minimum atomic E-state index is -0.736. The average molecular weight is 399 g/mol. The van der Waals surface area contributed by atoms with E-state index >= 15 is 0 Å². The number of nitrogens with zero attached hydrogens (tertiary/aromatic N) is 3. The number of imide groups is 1. The summed E-state index contributed by atoms with van der Waals surface area (Å²) in [6.07, 6.45) is 6.54. The highest BCUT2D eigenvalue weighted by molar-refractivity contribution is 6.08. The molecule has 0 atom stereocenters. The maximum atomic E-state index is 13.0. The molecule has 0 bridgehead atoms. The summed E-state index contributed by atoms with van der Waals surface area (Å²) in [6.45, 7) is 1.25. The van der Waals surface area contributed by atoms with Crippen LogP contribution in [-0.2, 0) is 22.6 Å². The van der Waals surface area contributed by atoms with Gasteiger partial charge < -0.3 is 15.1 Å². The molecule has 2 fully saturated rings. The molecule has 0 radical (unpaired) electrons. The fourth-order valence-corrected chi connectivity index (χ4v) is 5.02. The molecule has 1 spiro atoms. The number of aryl methyl sites for hydroxylation is 1. The number of hydrogen-bond donors (Lipinski definition) is 1. The Balaban J connectivity index is 1.37. The van der Waals surface area contributed by atoms with E-state index in [4.69, 9.17) is 0 Å². The maximum Gasteiger partial charge on any atom is 0.327 e. The first kappa shape index (κ1) is 19.7. The molecule has 1 aliphatic carbocycles. The number of rotatable bonds is 4. The van der Waals surface area contributed by atoms with E-state index in [-0.39, 0.29) is 24.4 Å². The van der Waals surface area contributed by atoms with Gasteiger partial charge in [-0.2, -0.15) is 0 Å². The van der Waals surface area contributed by atoms with Crippen LogP contribution < -0.4 is 10.2 Å². The number of anilines is 1. The molecule has 1 aromatic rings.